The zero-order valence-corrected chi connectivity index (χ0v) is 20.4. The molecule has 0 spiro atoms. The van der Waals surface area contributed by atoms with Crippen LogP contribution in [0.4, 0.5) is 0 Å². The van der Waals surface area contributed by atoms with E-state index >= 15 is 0 Å². The lowest BCUT2D eigenvalue weighted by Crippen LogP contribution is -2.11. The molecule has 6 nitrogen and oxygen atoms in total. The van der Waals surface area contributed by atoms with E-state index in [-0.39, 0.29) is 24.1 Å². The van der Waals surface area contributed by atoms with Crippen LogP contribution in [0.15, 0.2) is 115 Å². The van der Waals surface area contributed by atoms with Gasteiger partial charge in [-0.1, -0.05) is 91.0 Å². The van der Waals surface area contributed by atoms with Crippen LogP contribution in [0.25, 0.3) is 6.08 Å². The summed E-state index contributed by atoms with van der Waals surface area (Å²) in [7, 11) is 1.49. The smallest absolute Gasteiger partial charge is 0.338 e. The van der Waals surface area contributed by atoms with Crippen molar-refractivity contribution in [1.82, 2.24) is 0 Å². The standard InChI is InChI=1S/C17H16O4.C14H12O2/c1-20-16-12-13(9-10-15(16)18)6-5-11-21-17(19)14-7-3-2-4-8-14;15-13(11-7-3-1-4-8-11)14(16)12-9-5-2-6-10-12/h2-10,12,18H,11H2,1H3;1-10,13,15H/b6-5+;. The first-order chi connectivity index (χ1) is 18.0. The van der Waals surface area contributed by atoms with Crippen LogP contribution in [-0.4, -0.2) is 35.7 Å². The van der Waals surface area contributed by atoms with Crippen LogP contribution in [0.2, 0.25) is 0 Å². The molecule has 0 aliphatic heterocycles. The summed E-state index contributed by atoms with van der Waals surface area (Å²) >= 11 is 0. The molecule has 0 bridgehead atoms. The molecule has 0 radical (unpaired) electrons. The molecule has 0 amide bonds. The number of carbonyl (C=O) groups excluding carboxylic acids is 2. The van der Waals surface area contributed by atoms with Crippen LogP contribution in [0, 0.1) is 0 Å². The van der Waals surface area contributed by atoms with Gasteiger partial charge in [-0.15, -0.1) is 0 Å². The summed E-state index contributed by atoms with van der Waals surface area (Å²) in [6, 6.07) is 31.6. The maximum atomic E-state index is 11.9. The third-order valence-electron chi connectivity index (χ3n) is 5.26. The third kappa shape index (κ3) is 8.19. The Morgan fingerprint density at radius 2 is 1.38 bits per heavy atom. The molecule has 4 aromatic carbocycles. The molecule has 0 fully saturated rings. The van der Waals surface area contributed by atoms with E-state index in [1.165, 1.54) is 7.11 Å². The molecule has 0 aliphatic carbocycles. The summed E-state index contributed by atoms with van der Waals surface area (Å²) in [4.78, 5) is 23.6. The number of Topliss-reactive ketones (excluding diaryl/α,β-unsaturated/α-hetero) is 1. The molecule has 0 saturated carbocycles. The highest BCUT2D eigenvalue weighted by Gasteiger charge is 2.18. The third-order valence-corrected chi connectivity index (χ3v) is 5.26. The van der Waals surface area contributed by atoms with Crippen molar-refractivity contribution in [2.75, 3.05) is 13.7 Å². The largest absolute Gasteiger partial charge is 0.504 e. The number of methoxy groups -OCH3 is 1. The van der Waals surface area contributed by atoms with Gasteiger partial charge in [0.1, 0.15) is 12.7 Å². The first kappa shape index (κ1) is 26.9. The summed E-state index contributed by atoms with van der Waals surface area (Å²) in [5.74, 6) is -0.140. The van der Waals surface area contributed by atoms with E-state index in [0.717, 1.165) is 5.56 Å². The van der Waals surface area contributed by atoms with Gasteiger partial charge in [0, 0.05) is 5.56 Å². The molecule has 2 N–H and O–H groups in total. The van der Waals surface area contributed by atoms with Crippen molar-refractivity contribution in [2.24, 2.45) is 0 Å². The lowest BCUT2D eigenvalue weighted by atomic mass is 10.0. The van der Waals surface area contributed by atoms with Crippen molar-refractivity contribution in [3.63, 3.8) is 0 Å². The fourth-order valence-electron chi connectivity index (χ4n) is 3.31. The van der Waals surface area contributed by atoms with Gasteiger partial charge < -0.3 is 19.7 Å². The van der Waals surface area contributed by atoms with Gasteiger partial charge in [0.2, 0.25) is 0 Å². The van der Waals surface area contributed by atoms with Gasteiger partial charge in [-0.05, 0) is 41.5 Å². The average Bonchev–Trinajstić information content (AvgIpc) is 2.97. The molecule has 4 aromatic rings. The number of carbonyl (C=O) groups is 2. The fraction of sp³-hybridized carbons (Fsp3) is 0.0968. The Kier molecular flexibility index (Phi) is 10.2. The molecular formula is C31H28O6. The number of hydrogen-bond acceptors (Lipinski definition) is 6. The Morgan fingerprint density at radius 3 is 1.97 bits per heavy atom. The second-order valence-corrected chi connectivity index (χ2v) is 7.84. The molecule has 188 valence electrons. The lowest BCUT2D eigenvalue weighted by Gasteiger charge is -2.09. The first-order valence-electron chi connectivity index (χ1n) is 11.6. The van der Waals surface area contributed by atoms with Gasteiger partial charge in [0.15, 0.2) is 17.3 Å². The van der Waals surface area contributed by atoms with Gasteiger partial charge in [0.05, 0.1) is 12.7 Å². The van der Waals surface area contributed by atoms with Crippen LogP contribution in [0.3, 0.4) is 0 Å². The topological polar surface area (TPSA) is 93.1 Å². The molecule has 0 saturated heterocycles. The maximum Gasteiger partial charge on any atom is 0.338 e. The van der Waals surface area contributed by atoms with Gasteiger partial charge in [-0.25, -0.2) is 4.79 Å². The number of esters is 1. The van der Waals surface area contributed by atoms with Gasteiger partial charge in [-0.2, -0.15) is 0 Å². The minimum Gasteiger partial charge on any atom is -0.504 e. The van der Waals surface area contributed by atoms with E-state index in [1.807, 2.05) is 18.2 Å². The molecule has 1 atom stereocenters. The van der Waals surface area contributed by atoms with Crippen molar-refractivity contribution in [1.29, 1.82) is 0 Å². The Morgan fingerprint density at radius 1 is 0.811 bits per heavy atom. The number of hydrogen-bond donors (Lipinski definition) is 2. The second kappa shape index (κ2) is 14.0. The Bertz CT molecular complexity index is 1300. The van der Waals surface area contributed by atoms with Crippen LogP contribution < -0.4 is 4.74 Å². The van der Waals surface area contributed by atoms with Gasteiger partial charge in [0.25, 0.3) is 0 Å². The van der Waals surface area contributed by atoms with Crippen molar-refractivity contribution < 1.29 is 29.3 Å². The highest BCUT2D eigenvalue weighted by molar-refractivity contribution is 5.99. The summed E-state index contributed by atoms with van der Waals surface area (Å²) in [6.07, 6.45) is 2.44. The molecule has 1 unspecified atom stereocenters. The maximum absolute atomic E-state index is 11.9. The van der Waals surface area contributed by atoms with Gasteiger partial charge in [-0.3, -0.25) is 4.79 Å². The molecule has 6 heteroatoms. The minimum atomic E-state index is -1.08. The van der Waals surface area contributed by atoms with E-state index in [4.69, 9.17) is 9.47 Å². The number of rotatable bonds is 8. The average molecular weight is 497 g/mol. The number of benzene rings is 4. The molecule has 37 heavy (non-hydrogen) atoms. The van der Waals surface area contributed by atoms with E-state index in [0.29, 0.717) is 22.4 Å². The summed E-state index contributed by atoms with van der Waals surface area (Å²) in [5, 5.41) is 19.4. The normalized spacial score (nSPS) is 11.2. The lowest BCUT2D eigenvalue weighted by molar-refractivity contribution is 0.0550. The molecule has 0 aliphatic rings. The summed E-state index contributed by atoms with van der Waals surface area (Å²) < 4.78 is 10.1. The van der Waals surface area contributed by atoms with E-state index < -0.39 is 6.10 Å². The Hall–Kier alpha value is -4.68. The van der Waals surface area contributed by atoms with E-state index in [1.54, 1.807) is 103 Å². The summed E-state index contributed by atoms with van der Waals surface area (Å²) in [6.45, 7) is 0.177. The summed E-state index contributed by atoms with van der Waals surface area (Å²) in [5.41, 5.74) is 2.52. The first-order valence-corrected chi connectivity index (χ1v) is 11.6. The number of ketones is 1. The van der Waals surface area contributed by atoms with Crippen LogP contribution >= 0.6 is 0 Å². The highest BCUT2D eigenvalue weighted by atomic mass is 16.5. The monoisotopic (exact) mass is 496 g/mol. The van der Waals surface area contributed by atoms with Crippen molar-refractivity contribution >= 4 is 17.8 Å². The quantitative estimate of drug-likeness (QED) is 0.234. The zero-order chi connectivity index (χ0) is 26.5. The van der Waals surface area contributed by atoms with Crippen LogP contribution in [0.5, 0.6) is 11.5 Å². The number of ether oxygens (including phenoxy) is 2. The molecule has 0 heterocycles. The Balaban J connectivity index is 0.000000213. The molecule has 0 aromatic heterocycles. The van der Waals surface area contributed by atoms with Crippen LogP contribution in [-0.2, 0) is 4.74 Å². The van der Waals surface area contributed by atoms with Crippen molar-refractivity contribution in [2.45, 2.75) is 6.10 Å². The molecular weight excluding hydrogens is 468 g/mol. The fourth-order valence-corrected chi connectivity index (χ4v) is 3.31. The van der Waals surface area contributed by atoms with E-state index in [9.17, 15) is 19.8 Å². The molecule has 4 rings (SSSR count). The van der Waals surface area contributed by atoms with Crippen molar-refractivity contribution in [3.8, 4) is 11.5 Å². The number of aliphatic hydroxyl groups excluding tert-OH is 1. The number of aliphatic hydroxyl groups is 1. The SMILES string of the molecule is COc1cc(/C=C/COC(=O)c2ccccc2)ccc1O.O=C(c1ccccc1)C(O)c1ccccc1. The number of phenolic OH excluding ortho intramolecular Hbond substituents is 1. The zero-order valence-electron chi connectivity index (χ0n) is 20.4. The predicted octanol–water partition coefficient (Wildman–Crippen LogP) is 5.87. The van der Waals surface area contributed by atoms with Crippen molar-refractivity contribution in [3.05, 3.63) is 138 Å². The van der Waals surface area contributed by atoms with E-state index in [2.05, 4.69) is 0 Å². The van der Waals surface area contributed by atoms with Gasteiger partial charge >= 0.3 is 5.97 Å². The highest BCUT2D eigenvalue weighted by Crippen LogP contribution is 2.26. The van der Waals surface area contributed by atoms with Crippen LogP contribution in [0.1, 0.15) is 37.9 Å². The minimum absolute atomic E-state index is 0.0881. The second-order valence-electron chi connectivity index (χ2n) is 7.84. The predicted molar refractivity (Wildman–Crippen MR) is 143 cm³/mol. The number of phenols is 1. The number of aromatic hydroxyl groups is 1. The Labute approximate surface area is 216 Å².